The molecule has 0 bridgehead atoms. The van der Waals surface area contributed by atoms with Crippen LogP contribution >= 0.6 is 0 Å². The lowest BCUT2D eigenvalue weighted by Gasteiger charge is -2.37. The Kier molecular flexibility index (Phi) is 6.40. The zero-order chi connectivity index (χ0) is 10.3. The molecule has 0 fully saturated rings. The van der Waals surface area contributed by atoms with Gasteiger partial charge in [0.25, 0.3) is 0 Å². The van der Waals surface area contributed by atoms with E-state index in [4.69, 9.17) is 0 Å². The molecule has 0 rings (SSSR count). The molecule has 13 heavy (non-hydrogen) atoms. The molecular weight excluding hydrogens is 158 g/mol. The molecule has 1 heteroatoms. The molecule has 0 aliphatic rings. The summed E-state index contributed by atoms with van der Waals surface area (Å²) in [4.78, 5) is 2.60. The summed E-state index contributed by atoms with van der Waals surface area (Å²) in [6.07, 6.45) is 5.29. The molecule has 0 spiro atoms. The monoisotopic (exact) mass is 185 g/mol. The van der Waals surface area contributed by atoms with Crippen LogP contribution in [0, 0.1) is 0 Å². The predicted octanol–water partition coefficient (Wildman–Crippen LogP) is 3.69. The van der Waals surface area contributed by atoms with E-state index >= 15 is 0 Å². The Morgan fingerprint density at radius 1 is 1.00 bits per heavy atom. The highest BCUT2D eigenvalue weighted by molar-refractivity contribution is 4.78. The van der Waals surface area contributed by atoms with Crippen LogP contribution in [0.3, 0.4) is 0 Å². The SMILES string of the molecule is CCCCCN(CC)C(C)(C)CC. The molecule has 0 saturated heterocycles. The Labute approximate surface area is 84.5 Å². The Balaban J connectivity index is 3.87. The molecule has 1 nitrogen and oxygen atoms in total. The highest BCUT2D eigenvalue weighted by Gasteiger charge is 2.22. The Morgan fingerprint density at radius 2 is 1.62 bits per heavy atom. The van der Waals surface area contributed by atoms with Crippen molar-refractivity contribution >= 4 is 0 Å². The van der Waals surface area contributed by atoms with Crippen molar-refractivity contribution in [1.82, 2.24) is 4.90 Å². The van der Waals surface area contributed by atoms with Crippen LogP contribution in [0.25, 0.3) is 0 Å². The molecule has 0 N–H and O–H groups in total. The molecule has 0 heterocycles. The Morgan fingerprint density at radius 3 is 2.00 bits per heavy atom. The lowest BCUT2D eigenvalue weighted by molar-refractivity contribution is 0.120. The third-order valence-corrected chi connectivity index (χ3v) is 3.13. The normalized spacial score (nSPS) is 12.5. The van der Waals surface area contributed by atoms with Crippen molar-refractivity contribution in [3.8, 4) is 0 Å². The van der Waals surface area contributed by atoms with Gasteiger partial charge in [-0.2, -0.15) is 0 Å². The smallest absolute Gasteiger partial charge is 0.0150 e. The summed E-state index contributed by atoms with van der Waals surface area (Å²) in [5.74, 6) is 0. The van der Waals surface area contributed by atoms with E-state index in [-0.39, 0.29) is 0 Å². The molecule has 0 aliphatic carbocycles. The minimum absolute atomic E-state index is 0.391. The summed E-state index contributed by atoms with van der Waals surface area (Å²) in [5.41, 5.74) is 0.391. The van der Waals surface area contributed by atoms with Gasteiger partial charge >= 0.3 is 0 Å². The van der Waals surface area contributed by atoms with Gasteiger partial charge in [0.15, 0.2) is 0 Å². The second-order valence-corrected chi connectivity index (χ2v) is 4.45. The molecule has 0 aromatic rings. The van der Waals surface area contributed by atoms with Crippen LogP contribution in [0.4, 0.5) is 0 Å². The molecule has 0 amide bonds. The second-order valence-electron chi connectivity index (χ2n) is 4.45. The third-order valence-electron chi connectivity index (χ3n) is 3.13. The standard InChI is InChI=1S/C12H27N/c1-6-9-10-11-13(8-3)12(4,5)7-2/h6-11H2,1-5H3. The van der Waals surface area contributed by atoms with Crippen molar-refractivity contribution < 1.29 is 0 Å². The van der Waals surface area contributed by atoms with Crippen LogP contribution in [-0.2, 0) is 0 Å². The van der Waals surface area contributed by atoms with Crippen molar-refractivity contribution in [1.29, 1.82) is 0 Å². The molecule has 0 unspecified atom stereocenters. The molecule has 0 aromatic heterocycles. The largest absolute Gasteiger partial charge is 0.298 e. The van der Waals surface area contributed by atoms with Crippen molar-refractivity contribution in [2.45, 2.75) is 65.8 Å². The first-order valence-corrected chi connectivity index (χ1v) is 5.83. The number of unbranched alkanes of at least 4 members (excludes halogenated alkanes) is 2. The molecule has 80 valence electrons. The first kappa shape index (κ1) is 13.0. The number of hydrogen-bond donors (Lipinski definition) is 0. The minimum Gasteiger partial charge on any atom is -0.298 e. The van der Waals surface area contributed by atoms with E-state index < -0.39 is 0 Å². The van der Waals surface area contributed by atoms with Crippen LogP contribution in [0.2, 0.25) is 0 Å². The van der Waals surface area contributed by atoms with E-state index in [2.05, 4.69) is 39.5 Å². The van der Waals surface area contributed by atoms with Crippen LogP contribution in [-0.4, -0.2) is 23.5 Å². The summed E-state index contributed by atoms with van der Waals surface area (Å²) in [6, 6.07) is 0. The lowest BCUT2D eigenvalue weighted by atomic mass is 9.99. The Hall–Kier alpha value is -0.0400. The first-order chi connectivity index (χ1) is 6.08. The zero-order valence-corrected chi connectivity index (χ0v) is 10.2. The van der Waals surface area contributed by atoms with Crippen LogP contribution in [0.1, 0.15) is 60.3 Å². The summed E-state index contributed by atoms with van der Waals surface area (Å²) < 4.78 is 0. The van der Waals surface area contributed by atoms with Crippen molar-refractivity contribution in [2.24, 2.45) is 0 Å². The fourth-order valence-corrected chi connectivity index (χ4v) is 1.67. The van der Waals surface area contributed by atoms with E-state index in [1.54, 1.807) is 0 Å². The van der Waals surface area contributed by atoms with Gasteiger partial charge in [-0.1, -0.05) is 33.6 Å². The van der Waals surface area contributed by atoms with Crippen molar-refractivity contribution in [3.05, 3.63) is 0 Å². The first-order valence-electron chi connectivity index (χ1n) is 5.83. The zero-order valence-electron chi connectivity index (χ0n) is 10.2. The van der Waals surface area contributed by atoms with E-state index in [9.17, 15) is 0 Å². The highest BCUT2D eigenvalue weighted by Crippen LogP contribution is 2.18. The molecular formula is C12H27N. The maximum Gasteiger partial charge on any atom is 0.0150 e. The summed E-state index contributed by atoms with van der Waals surface area (Å²) in [6.45, 7) is 14.0. The van der Waals surface area contributed by atoms with E-state index in [0.29, 0.717) is 5.54 Å². The number of hydrogen-bond acceptors (Lipinski definition) is 1. The Bertz CT molecular complexity index is 118. The van der Waals surface area contributed by atoms with Crippen molar-refractivity contribution in [3.63, 3.8) is 0 Å². The summed E-state index contributed by atoms with van der Waals surface area (Å²) in [7, 11) is 0. The van der Waals surface area contributed by atoms with Gasteiger partial charge in [0, 0.05) is 5.54 Å². The highest BCUT2D eigenvalue weighted by atomic mass is 15.2. The van der Waals surface area contributed by atoms with Gasteiger partial charge in [0.1, 0.15) is 0 Å². The second kappa shape index (κ2) is 6.42. The number of nitrogens with zero attached hydrogens (tertiary/aromatic N) is 1. The van der Waals surface area contributed by atoms with Crippen LogP contribution in [0.15, 0.2) is 0 Å². The van der Waals surface area contributed by atoms with E-state index in [0.717, 1.165) is 0 Å². The molecule has 0 radical (unpaired) electrons. The van der Waals surface area contributed by atoms with Crippen LogP contribution in [0.5, 0.6) is 0 Å². The topological polar surface area (TPSA) is 3.24 Å². The molecule has 0 saturated carbocycles. The van der Waals surface area contributed by atoms with Gasteiger partial charge in [0.2, 0.25) is 0 Å². The average Bonchev–Trinajstić information content (AvgIpc) is 2.12. The molecule has 0 aliphatic heterocycles. The maximum absolute atomic E-state index is 2.60. The van der Waals surface area contributed by atoms with Gasteiger partial charge < -0.3 is 0 Å². The van der Waals surface area contributed by atoms with E-state index in [1.807, 2.05) is 0 Å². The maximum atomic E-state index is 2.60. The lowest BCUT2D eigenvalue weighted by Crippen LogP contribution is -2.43. The van der Waals surface area contributed by atoms with E-state index in [1.165, 1.54) is 38.8 Å². The summed E-state index contributed by atoms with van der Waals surface area (Å²) in [5, 5.41) is 0. The van der Waals surface area contributed by atoms with Gasteiger partial charge in [-0.25, -0.2) is 0 Å². The predicted molar refractivity (Wildman–Crippen MR) is 61.1 cm³/mol. The van der Waals surface area contributed by atoms with Gasteiger partial charge in [-0.3, -0.25) is 4.90 Å². The van der Waals surface area contributed by atoms with Crippen LogP contribution < -0.4 is 0 Å². The molecule has 0 aromatic carbocycles. The van der Waals surface area contributed by atoms with Gasteiger partial charge in [0.05, 0.1) is 0 Å². The average molecular weight is 185 g/mol. The number of rotatable bonds is 7. The fourth-order valence-electron chi connectivity index (χ4n) is 1.67. The fraction of sp³-hybridized carbons (Fsp3) is 1.00. The van der Waals surface area contributed by atoms with Gasteiger partial charge in [-0.05, 0) is 39.8 Å². The van der Waals surface area contributed by atoms with Gasteiger partial charge in [-0.15, -0.1) is 0 Å². The van der Waals surface area contributed by atoms with Crippen molar-refractivity contribution in [2.75, 3.05) is 13.1 Å². The quantitative estimate of drug-likeness (QED) is 0.547. The third kappa shape index (κ3) is 4.66. The summed E-state index contributed by atoms with van der Waals surface area (Å²) >= 11 is 0. The molecule has 0 atom stereocenters. The minimum atomic E-state index is 0.391.